The quantitative estimate of drug-likeness (QED) is 0.409. The van der Waals surface area contributed by atoms with Crippen molar-refractivity contribution < 1.29 is 0 Å². The van der Waals surface area contributed by atoms with Crippen LogP contribution in [0.3, 0.4) is 0 Å². The third kappa shape index (κ3) is 3.09. The Bertz CT molecular complexity index is 1400. The van der Waals surface area contributed by atoms with Gasteiger partial charge in [-0.1, -0.05) is 59.6 Å². The summed E-state index contributed by atoms with van der Waals surface area (Å²) in [5.74, 6) is 0.549. The minimum atomic E-state index is -0.229. The van der Waals surface area contributed by atoms with Gasteiger partial charge < -0.3 is 0 Å². The zero-order valence-electron chi connectivity index (χ0n) is 16.2. The molecule has 0 atom stereocenters. The van der Waals surface area contributed by atoms with E-state index in [1.165, 1.54) is 0 Å². The molecule has 5 aromatic rings. The molecule has 0 saturated heterocycles. The lowest BCUT2D eigenvalue weighted by Crippen LogP contribution is -2.22. The predicted octanol–water partition coefficient (Wildman–Crippen LogP) is 5.20. The summed E-state index contributed by atoms with van der Waals surface area (Å²) in [5, 5.41) is 0.603. The van der Waals surface area contributed by atoms with Crippen molar-refractivity contribution in [3.8, 4) is 22.8 Å². The van der Waals surface area contributed by atoms with Crippen LogP contribution >= 0.6 is 11.6 Å². The van der Waals surface area contributed by atoms with Gasteiger partial charge in [0.1, 0.15) is 12.2 Å². The van der Waals surface area contributed by atoms with E-state index in [1.54, 1.807) is 23.0 Å². The van der Waals surface area contributed by atoms with Gasteiger partial charge in [-0.3, -0.25) is 13.9 Å². The van der Waals surface area contributed by atoms with Gasteiger partial charge in [0.15, 0.2) is 11.2 Å². The van der Waals surface area contributed by atoms with Crippen LogP contribution in [0.5, 0.6) is 0 Å². The molecule has 3 aromatic carbocycles. The number of para-hydroxylation sites is 1. The number of hydrogen-bond donors (Lipinski definition) is 0. The van der Waals surface area contributed by atoms with E-state index in [1.807, 2.05) is 78.2 Å². The van der Waals surface area contributed by atoms with E-state index < -0.39 is 0 Å². The Morgan fingerprint density at radius 1 is 0.833 bits per heavy atom. The third-order valence-electron chi connectivity index (χ3n) is 5.00. The Balaban J connectivity index is 1.85. The average molecular weight is 413 g/mol. The molecule has 0 N–H and O–H groups in total. The molecule has 6 heteroatoms. The fourth-order valence-electron chi connectivity index (χ4n) is 3.46. The fourth-order valence-corrected chi connectivity index (χ4v) is 3.58. The van der Waals surface area contributed by atoms with Crippen LogP contribution in [0.2, 0.25) is 5.02 Å². The van der Waals surface area contributed by atoms with Crippen LogP contribution in [0.25, 0.3) is 33.9 Å². The number of hydrogen-bond acceptors (Lipinski definition) is 3. The van der Waals surface area contributed by atoms with Gasteiger partial charge >= 0.3 is 0 Å². The Morgan fingerprint density at radius 2 is 1.53 bits per heavy atom. The predicted molar refractivity (Wildman–Crippen MR) is 120 cm³/mol. The van der Waals surface area contributed by atoms with Crippen molar-refractivity contribution in [1.29, 1.82) is 0 Å². The van der Waals surface area contributed by atoms with Gasteiger partial charge in [-0.2, -0.15) is 0 Å². The molecule has 2 heterocycles. The highest BCUT2D eigenvalue weighted by atomic mass is 35.5. The second kappa shape index (κ2) is 7.28. The molecule has 5 nitrogen and oxygen atoms in total. The first-order chi connectivity index (χ1) is 14.6. The molecule has 0 unspecified atom stereocenters. The maximum absolute atomic E-state index is 13.5. The minimum Gasteiger partial charge on any atom is -0.283 e. The molecule has 0 spiro atoms. The highest BCUT2D eigenvalue weighted by molar-refractivity contribution is 6.30. The molecule has 0 aliphatic rings. The van der Waals surface area contributed by atoms with Crippen molar-refractivity contribution in [3.63, 3.8) is 0 Å². The Kier molecular flexibility index (Phi) is 4.45. The first-order valence-electron chi connectivity index (χ1n) is 9.50. The Hall–Kier alpha value is -3.70. The summed E-state index contributed by atoms with van der Waals surface area (Å²) in [7, 11) is 0. The molecule has 0 bridgehead atoms. The molecule has 2 aromatic heterocycles. The van der Waals surface area contributed by atoms with Crippen LogP contribution in [0.1, 0.15) is 5.56 Å². The van der Waals surface area contributed by atoms with Gasteiger partial charge in [0.25, 0.3) is 5.56 Å². The van der Waals surface area contributed by atoms with Crippen molar-refractivity contribution in [2.45, 2.75) is 6.92 Å². The highest BCUT2D eigenvalue weighted by Crippen LogP contribution is 2.24. The first kappa shape index (κ1) is 18.3. The van der Waals surface area contributed by atoms with Crippen LogP contribution in [-0.4, -0.2) is 19.1 Å². The normalized spacial score (nSPS) is 11.1. The first-order valence-corrected chi connectivity index (χ1v) is 9.88. The van der Waals surface area contributed by atoms with E-state index >= 15 is 0 Å². The van der Waals surface area contributed by atoms with Gasteiger partial charge in [0, 0.05) is 16.3 Å². The van der Waals surface area contributed by atoms with Crippen molar-refractivity contribution in [3.05, 3.63) is 106 Å². The molecule has 0 fully saturated rings. The van der Waals surface area contributed by atoms with Crippen LogP contribution in [0.4, 0.5) is 0 Å². The Morgan fingerprint density at radius 3 is 2.23 bits per heavy atom. The van der Waals surface area contributed by atoms with Gasteiger partial charge in [-0.05, 0) is 43.3 Å². The molecule has 30 heavy (non-hydrogen) atoms. The summed E-state index contributed by atoms with van der Waals surface area (Å²) < 4.78 is 3.42. The number of nitrogens with zero attached hydrogens (tertiary/aromatic N) is 4. The van der Waals surface area contributed by atoms with E-state index in [0.717, 1.165) is 16.8 Å². The maximum atomic E-state index is 13.5. The zero-order valence-corrected chi connectivity index (χ0v) is 16.9. The molecule has 0 aliphatic heterocycles. The summed E-state index contributed by atoms with van der Waals surface area (Å²) in [4.78, 5) is 22.8. The lowest BCUT2D eigenvalue weighted by Gasteiger charge is -2.13. The summed E-state index contributed by atoms with van der Waals surface area (Å²) in [6.45, 7) is 2.02. The number of halogens is 1. The van der Waals surface area contributed by atoms with Crippen LogP contribution in [-0.2, 0) is 0 Å². The second-order valence-electron chi connectivity index (χ2n) is 7.04. The number of aromatic nitrogens is 4. The van der Waals surface area contributed by atoms with E-state index in [0.29, 0.717) is 27.7 Å². The summed E-state index contributed by atoms with van der Waals surface area (Å²) >= 11 is 6.06. The number of benzene rings is 3. The smallest absolute Gasteiger partial charge is 0.283 e. The lowest BCUT2D eigenvalue weighted by molar-refractivity contribution is 0.962. The van der Waals surface area contributed by atoms with Crippen molar-refractivity contribution in [2.24, 2.45) is 0 Å². The van der Waals surface area contributed by atoms with E-state index in [2.05, 4.69) is 4.98 Å². The van der Waals surface area contributed by atoms with E-state index in [9.17, 15) is 4.79 Å². The number of fused-ring (bicyclic) bond motifs is 1. The molecule has 0 amide bonds. The molecule has 0 aliphatic carbocycles. The van der Waals surface area contributed by atoms with E-state index in [-0.39, 0.29) is 5.56 Å². The lowest BCUT2D eigenvalue weighted by atomic mass is 10.1. The number of imidazole rings is 1. The van der Waals surface area contributed by atoms with Crippen LogP contribution in [0, 0.1) is 6.92 Å². The van der Waals surface area contributed by atoms with Crippen molar-refractivity contribution in [2.75, 3.05) is 0 Å². The molecular weight excluding hydrogens is 396 g/mol. The number of rotatable bonds is 3. The summed E-state index contributed by atoms with van der Waals surface area (Å²) in [6, 6.07) is 24.8. The molecular formula is C24H17ClN4O. The van der Waals surface area contributed by atoms with Gasteiger partial charge in [0.2, 0.25) is 0 Å². The highest BCUT2D eigenvalue weighted by Gasteiger charge is 2.18. The second-order valence-corrected chi connectivity index (χ2v) is 7.48. The van der Waals surface area contributed by atoms with Crippen molar-refractivity contribution in [1.82, 2.24) is 19.1 Å². The molecule has 146 valence electrons. The Labute approximate surface area is 177 Å². The minimum absolute atomic E-state index is 0.229. The topological polar surface area (TPSA) is 52.7 Å². The van der Waals surface area contributed by atoms with Gasteiger partial charge in [0.05, 0.1) is 5.69 Å². The van der Waals surface area contributed by atoms with Crippen LogP contribution in [0.15, 0.2) is 90.0 Å². The molecule has 0 radical (unpaired) electrons. The molecule has 0 saturated carbocycles. The van der Waals surface area contributed by atoms with Gasteiger partial charge in [-0.25, -0.2) is 9.97 Å². The summed E-state index contributed by atoms with van der Waals surface area (Å²) in [5.41, 5.74) is 4.16. The standard InChI is InChI=1S/C24H17ClN4O/c1-16-7-9-17(10-8-16)22-27-23-21(26-15-28(23)19-5-3-2-4-6-19)24(30)29(22)20-13-11-18(25)12-14-20/h2-15H,1H3. The van der Waals surface area contributed by atoms with Gasteiger partial charge in [-0.15, -0.1) is 0 Å². The van der Waals surface area contributed by atoms with E-state index in [4.69, 9.17) is 16.6 Å². The third-order valence-corrected chi connectivity index (χ3v) is 5.25. The van der Waals surface area contributed by atoms with Crippen LogP contribution < -0.4 is 5.56 Å². The number of aryl methyl sites for hydroxylation is 1. The monoisotopic (exact) mass is 412 g/mol. The molecule has 5 rings (SSSR count). The van der Waals surface area contributed by atoms with Crippen molar-refractivity contribution >= 4 is 22.8 Å². The fraction of sp³-hybridized carbons (Fsp3) is 0.0417. The SMILES string of the molecule is Cc1ccc(-c2nc3c(ncn3-c3ccccc3)c(=O)n2-c2ccc(Cl)cc2)cc1. The maximum Gasteiger partial charge on any atom is 0.286 e. The largest absolute Gasteiger partial charge is 0.286 e. The summed E-state index contributed by atoms with van der Waals surface area (Å²) in [6.07, 6.45) is 1.64. The average Bonchev–Trinajstić information content (AvgIpc) is 3.20. The zero-order chi connectivity index (χ0) is 20.7.